The van der Waals surface area contributed by atoms with Crippen LogP contribution in [0.3, 0.4) is 0 Å². The maximum absolute atomic E-state index is 11.6. The molecule has 0 unspecified atom stereocenters. The van der Waals surface area contributed by atoms with Crippen molar-refractivity contribution >= 4 is 23.6 Å². The van der Waals surface area contributed by atoms with Crippen molar-refractivity contribution in [2.45, 2.75) is 13.3 Å². The quantitative estimate of drug-likeness (QED) is 0.798. The fourth-order valence-corrected chi connectivity index (χ4v) is 2.36. The van der Waals surface area contributed by atoms with Crippen LogP contribution in [0.2, 0.25) is 0 Å². The average molecular weight is 310 g/mol. The van der Waals surface area contributed by atoms with Crippen LogP contribution < -0.4 is 0 Å². The Labute approximate surface area is 134 Å². The molecular formula is C19H18O4. The number of aryl methyl sites for hydroxylation is 1. The highest BCUT2D eigenvalue weighted by atomic mass is 16.4. The summed E-state index contributed by atoms with van der Waals surface area (Å²) in [6.07, 6.45) is 1.29. The highest BCUT2D eigenvalue weighted by molar-refractivity contribution is 5.96. The molecule has 0 aliphatic carbocycles. The van der Waals surface area contributed by atoms with Crippen molar-refractivity contribution in [1.29, 1.82) is 0 Å². The van der Waals surface area contributed by atoms with E-state index in [0.29, 0.717) is 11.1 Å². The van der Waals surface area contributed by atoms with Crippen LogP contribution in [0.1, 0.15) is 23.1 Å². The third kappa shape index (κ3) is 4.54. The molecule has 0 saturated heterocycles. The summed E-state index contributed by atoms with van der Waals surface area (Å²) in [5.41, 5.74) is 3.14. The van der Waals surface area contributed by atoms with E-state index in [2.05, 4.69) is 0 Å². The number of carbonyl (C=O) groups is 2. The molecule has 118 valence electrons. The second kappa shape index (κ2) is 7.40. The molecule has 0 fully saturated rings. The van der Waals surface area contributed by atoms with Crippen LogP contribution in [0.5, 0.6) is 0 Å². The zero-order valence-electron chi connectivity index (χ0n) is 12.8. The van der Waals surface area contributed by atoms with Gasteiger partial charge >= 0.3 is 11.9 Å². The van der Waals surface area contributed by atoms with Crippen molar-refractivity contribution in [3.63, 3.8) is 0 Å². The third-order valence-corrected chi connectivity index (χ3v) is 3.56. The first-order valence-electron chi connectivity index (χ1n) is 7.25. The van der Waals surface area contributed by atoms with E-state index < -0.39 is 24.3 Å². The molecule has 0 amide bonds. The van der Waals surface area contributed by atoms with Gasteiger partial charge in [-0.05, 0) is 23.6 Å². The minimum Gasteiger partial charge on any atom is -0.481 e. The van der Waals surface area contributed by atoms with Gasteiger partial charge in [0, 0.05) is 0 Å². The Morgan fingerprint density at radius 1 is 1.00 bits per heavy atom. The number of aliphatic carboxylic acids is 2. The summed E-state index contributed by atoms with van der Waals surface area (Å²) in [5, 5.41) is 18.5. The van der Waals surface area contributed by atoms with Gasteiger partial charge in [0.2, 0.25) is 0 Å². The molecule has 0 aromatic heterocycles. The van der Waals surface area contributed by atoms with Crippen LogP contribution >= 0.6 is 0 Å². The van der Waals surface area contributed by atoms with Crippen molar-refractivity contribution in [3.05, 3.63) is 71.3 Å². The Balaban J connectivity index is 2.52. The van der Waals surface area contributed by atoms with E-state index in [1.165, 1.54) is 0 Å². The number of carboxylic acid groups (broad SMARTS) is 2. The van der Waals surface area contributed by atoms with Gasteiger partial charge in [-0.15, -0.1) is 0 Å². The first-order chi connectivity index (χ1) is 11.0. The first kappa shape index (κ1) is 16.5. The molecule has 0 bridgehead atoms. The highest BCUT2D eigenvalue weighted by Crippen LogP contribution is 2.29. The minimum atomic E-state index is -1.14. The van der Waals surface area contributed by atoms with Crippen molar-refractivity contribution in [1.82, 2.24) is 0 Å². The second-order valence-electron chi connectivity index (χ2n) is 5.37. The van der Waals surface area contributed by atoms with E-state index in [1.54, 1.807) is 30.3 Å². The number of hydrogen-bond acceptors (Lipinski definition) is 2. The molecule has 2 aromatic rings. The number of hydrogen-bond donors (Lipinski definition) is 2. The molecule has 0 aliphatic rings. The maximum Gasteiger partial charge on any atom is 0.311 e. The van der Waals surface area contributed by atoms with E-state index in [4.69, 9.17) is 5.11 Å². The Kier molecular flexibility index (Phi) is 5.31. The Hall–Kier alpha value is -2.88. The summed E-state index contributed by atoms with van der Waals surface area (Å²) in [4.78, 5) is 22.6. The summed E-state index contributed by atoms with van der Waals surface area (Å²) in [5.74, 6) is -3.38. The third-order valence-electron chi connectivity index (χ3n) is 3.56. The van der Waals surface area contributed by atoms with Gasteiger partial charge in [0.25, 0.3) is 0 Å². The summed E-state index contributed by atoms with van der Waals surface area (Å²) >= 11 is 0. The molecule has 0 heterocycles. The second-order valence-corrected chi connectivity index (χ2v) is 5.37. The van der Waals surface area contributed by atoms with Gasteiger partial charge < -0.3 is 10.2 Å². The molecule has 1 atom stereocenters. The van der Waals surface area contributed by atoms with Gasteiger partial charge in [-0.2, -0.15) is 0 Å². The summed E-state index contributed by atoms with van der Waals surface area (Å²) in [6, 6.07) is 16.7. The fourth-order valence-electron chi connectivity index (χ4n) is 2.36. The standard InChI is InChI=1S/C19H18O4/c1-13-7-9-14(10-8-13)11-16(15-5-3-2-4-6-15)17(19(22)23)12-18(20)21/h2-11,17H,12H2,1H3,(H,20,21)(H,22,23)/b16-11+/t17-/m0/s1. The zero-order valence-corrected chi connectivity index (χ0v) is 12.8. The predicted octanol–water partition coefficient (Wildman–Crippen LogP) is 3.71. The molecule has 2 rings (SSSR count). The lowest BCUT2D eigenvalue weighted by molar-refractivity contribution is -0.146. The molecule has 4 nitrogen and oxygen atoms in total. The van der Waals surface area contributed by atoms with Crippen LogP contribution in [-0.2, 0) is 9.59 Å². The van der Waals surface area contributed by atoms with Crippen LogP contribution in [0, 0.1) is 12.8 Å². The Morgan fingerprint density at radius 3 is 2.13 bits per heavy atom. The molecule has 2 N–H and O–H groups in total. The van der Waals surface area contributed by atoms with E-state index in [0.717, 1.165) is 11.1 Å². The highest BCUT2D eigenvalue weighted by Gasteiger charge is 2.26. The van der Waals surface area contributed by atoms with Gasteiger partial charge in [-0.3, -0.25) is 9.59 Å². The molecule has 0 saturated carbocycles. The normalized spacial score (nSPS) is 12.7. The molecule has 0 aliphatic heterocycles. The number of carboxylic acids is 2. The van der Waals surface area contributed by atoms with Crippen molar-refractivity contribution in [2.75, 3.05) is 0 Å². The largest absolute Gasteiger partial charge is 0.481 e. The molecule has 0 spiro atoms. The lowest BCUT2D eigenvalue weighted by Crippen LogP contribution is -2.19. The van der Waals surface area contributed by atoms with E-state index in [1.807, 2.05) is 37.3 Å². The SMILES string of the molecule is Cc1ccc(/C=C(\c2ccccc2)[C@H](CC(=O)O)C(=O)O)cc1. The van der Waals surface area contributed by atoms with Crippen molar-refractivity contribution < 1.29 is 19.8 Å². The van der Waals surface area contributed by atoms with Gasteiger partial charge in [-0.1, -0.05) is 66.2 Å². The van der Waals surface area contributed by atoms with Crippen molar-refractivity contribution in [2.24, 2.45) is 5.92 Å². The molecular weight excluding hydrogens is 292 g/mol. The van der Waals surface area contributed by atoms with Crippen LogP contribution in [0.25, 0.3) is 11.6 Å². The van der Waals surface area contributed by atoms with Gasteiger partial charge in [0.15, 0.2) is 0 Å². The van der Waals surface area contributed by atoms with Crippen LogP contribution in [0.15, 0.2) is 54.6 Å². The van der Waals surface area contributed by atoms with Crippen LogP contribution in [-0.4, -0.2) is 22.2 Å². The zero-order chi connectivity index (χ0) is 16.8. The van der Waals surface area contributed by atoms with E-state index in [9.17, 15) is 14.7 Å². The van der Waals surface area contributed by atoms with E-state index >= 15 is 0 Å². The lowest BCUT2D eigenvalue weighted by atomic mass is 9.88. The van der Waals surface area contributed by atoms with Crippen molar-refractivity contribution in [3.8, 4) is 0 Å². The minimum absolute atomic E-state index is 0.456. The first-order valence-corrected chi connectivity index (χ1v) is 7.25. The molecule has 4 heteroatoms. The summed E-state index contributed by atoms with van der Waals surface area (Å²) in [6.45, 7) is 1.97. The maximum atomic E-state index is 11.6. The molecule has 0 radical (unpaired) electrons. The summed E-state index contributed by atoms with van der Waals surface area (Å²) < 4.78 is 0. The smallest absolute Gasteiger partial charge is 0.311 e. The van der Waals surface area contributed by atoms with Gasteiger partial charge in [-0.25, -0.2) is 0 Å². The van der Waals surface area contributed by atoms with Crippen LogP contribution in [0.4, 0.5) is 0 Å². The van der Waals surface area contributed by atoms with E-state index in [-0.39, 0.29) is 0 Å². The predicted molar refractivity (Wildman–Crippen MR) is 88.9 cm³/mol. The fraction of sp³-hybridized carbons (Fsp3) is 0.158. The van der Waals surface area contributed by atoms with Gasteiger partial charge in [0.1, 0.15) is 0 Å². The number of benzene rings is 2. The lowest BCUT2D eigenvalue weighted by Gasteiger charge is -2.16. The number of rotatable bonds is 6. The molecule has 23 heavy (non-hydrogen) atoms. The summed E-state index contributed by atoms with van der Waals surface area (Å²) in [7, 11) is 0. The topological polar surface area (TPSA) is 74.6 Å². The molecule has 2 aromatic carbocycles. The Morgan fingerprint density at radius 2 is 1.61 bits per heavy atom. The monoisotopic (exact) mass is 310 g/mol. The average Bonchev–Trinajstić information content (AvgIpc) is 2.53. The Bertz CT molecular complexity index is 715. The van der Waals surface area contributed by atoms with Gasteiger partial charge in [0.05, 0.1) is 12.3 Å².